The highest BCUT2D eigenvalue weighted by atomic mass is 19.1. The molecule has 0 saturated carbocycles. The van der Waals surface area contributed by atoms with Gasteiger partial charge in [0.1, 0.15) is 41.1 Å². The van der Waals surface area contributed by atoms with Gasteiger partial charge in [0.15, 0.2) is 0 Å². The van der Waals surface area contributed by atoms with Gasteiger partial charge in [-0.3, -0.25) is 0 Å². The monoisotopic (exact) mass is 370 g/mol. The fourth-order valence-electron chi connectivity index (χ4n) is 3.68. The van der Waals surface area contributed by atoms with Gasteiger partial charge in [0.25, 0.3) is 0 Å². The normalized spacial score (nSPS) is 20.8. The summed E-state index contributed by atoms with van der Waals surface area (Å²) in [5.74, 6) is 0.496. The third-order valence-electron chi connectivity index (χ3n) is 5.29. The van der Waals surface area contributed by atoms with E-state index < -0.39 is 0 Å². The van der Waals surface area contributed by atoms with Gasteiger partial charge in [-0.1, -0.05) is 42.5 Å². The number of nitrogens with zero attached hydrogens (tertiary/aromatic N) is 3. The van der Waals surface area contributed by atoms with E-state index in [2.05, 4.69) is 26.8 Å². The molecule has 2 aromatic rings. The highest BCUT2D eigenvalue weighted by Gasteiger charge is 2.48. The first kappa shape index (κ1) is 18.1. The van der Waals surface area contributed by atoms with Crippen LogP contribution in [-0.4, -0.2) is 15.9 Å². The van der Waals surface area contributed by atoms with Crippen molar-refractivity contribution in [2.24, 2.45) is 4.99 Å². The highest BCUT2D eigenvalue weighted by molar-refractivity contribution is 5.97. The van der Waals surface area contributed by atoms with Crippen molar-refractivity contribution in [2.75, 3.05) is 0 Å². The number of fused-ring (bicyclic) bond motifs is 1. The Bertz CT molecular complexity index is 1110. The van der Waals surface area contributed by atoms with Crippen molar-refractivity contribution in [3.05, 3.63) is 90.0 Å². The molecule has 0 bridgehead atoms. The maximum absolute atomic E-state index is 15.4. The summed E-state index contributed by atoms with van der Waals surface area (Å²) in [4.78, 5) is 4.75. The van der Waals surface area contributed by atoms with Crippen LogP contribution in [0, 0.1) is 17.1 Å². The van der Waals surface area contributed by atoms with E-state index in [1.165, 1.54) is 0 Å². The number of rotatable bonds is 2. The zero-order valence-electron chi connectivity index (χ0n) is 16.1. The van der Waals surface area contributed by atoms with Gasteiger partial charge in [-0.05, 0) is 38.5 Å². The summed E-state index contributed by atoms with van der Waals surface area (Å²) in [7, 11) is 0. The van der Waals surface area contributed by atoms with Crippen molar-refractivity contribution in [3.63, 3.8) is 0 Å². The second kappa shape index (κ2) is 6.40. The SMILES string of the molecule is CC(C)(C)[N+]12C=C(C#N)C=CC1=NC(c1cccc(-c3ccccc3)c1F)=C2. The summed E-state index contributed by atoms with van der Waals surface area (Å²) in [6.07, 6.45) is 7.45. The Morgan fingerprint density at radius 3 is 2.32 bits per heavy atom. The zero-order valence-corrected chi connectivity index (χ0v) is 16.1. The van der Waals surface area contributed by atoms with Gasteiger partial charge >= 0.3 is 0 Å². The maximum Gasteiger partial charge on any atom is 0.238 e. The lowest BCUT2D eigenvalue weighted by atomic mass is 9.98. The van der Waals surface area contributed by atoms with Crippen molar-refractivity contribution < 1.29 is 8.87 Å². The number of benzene rings is 2. The second-order valence-corrected chi connectivity index (χ2v) is 8.00. The summed E-state index contributed by atoms with van der Waals surface area (Å²) < 4.78 is 15.7. The quantitative estimate of drug-likeness (QED) is 0.616. The second-order valence-electron chi connectivity index (χ2n) is 8.00. The number of amidine groups is 1. The van der Waals surface area contributed by atoms with Crippen LogP contribution in [0.15, 0.2) is 83.6 Å². The van der Waals surface area contributed by atoms with Crippen LogP contribution >= 0.6 is 0 Å². The predicted octanol–water partition coefficient (Wildman–Crippen LogP) is 5.80. The third kappa shape index (κ3) is 2.72. The molecule has 4 rings (SSSR count). The molecule has 2 aliphatic heterocycles. The average molecular weight is 370 g/mol. The number of halogens is 1. The van der Waals surface area contributed by atoms with E-state index >= 15 is 4.39 Å². The van der Waals surface area contributed by atoms with Crippen LogP contribution < -0.4 is 0 Å². The first-order valence-electron chi connectivity index (χ1n) is 9.22. The molecule has 2 aliphatic rings. The summed E-state index contributed by atoms with van der Waals surface area (Å²) >= 11 is 0. The van der Waals surface area contributed by atoms with Gasteiger partial charge < -0.3 is 0 Å². The Morgan fingerprint density at radius 1 is 0.929 bits per heavy atom. The molecule has 0 radical (unpaired) electrons. The first-order valence-corrected chi connectivity index (χ1v) is 9.22. The molecule has 2 heterocycles. The molecule has 0 fully saturated rings. The van der Waals surface area contributed by atoms with Crippen LogP contribution in [0.4, 0.5) is 4.39 Å². The maximum atomic E-state index is 15.4. The molecule has 0 aliphatic carbocycles. The Morgan fingerprint density at radius 2 is 1.64 bits per heavy atom. The average Bonchev–Trinajstić information content (AvgIpc) is 3.08. The van der Waals surface area contributed by atoms with Crippen molar-refractivity contribution in [1.82, 2.24) is 0 Å². The molecule has 0 amide bonds. The molecule has 4 heteroatoms. The molecule has 3 nitrogen and oxygen atoms in total. The predicted molar refractivity (Wildman–Crippen MR) is 110 cm³/mol. The molecular formula is C24H21FN3+. The molecule has 2 aromatic carbocycles. The zero-order chi connectivity index (χ0) is 19.9. The lowest BCUT2D eigenvalue weighted by Crippen LogP contribution is -2.55. The Labute approximate surface area is 164 Å². The standard InChI is InChI=1S/C24H21FN3/c1-24(2,3)28-15-17(14-26)12-13-22(28)27-21(16-28)20-11-7-10-19(23(20)25)18-8-5-4-6-9-18/h4-13,15-16H,1-3H3/q+1. The van der Waals surface area contributed by atoms with Crippen molar-refractivity contribution in [1.29, 1.82) is 5.26 Å². The van der Waals surface area contributed by atoms with E-state index in [0.29, 0.717) is 22.4 Å². The molecule has 0 spiro atoms. The van der Waals surface area contributed by atoms with Crippen molar-refractivity contribution in [3.8, 4) is 17.2 Å². The molecule has 1 atom stereocenters. The van der Waals surface area contributed by atoms with E-state index in [9.17, 15) is 5.26 Å². The minimum atomic E-state index is -0.287. The van der Waals surface area contributed by atoms with E-state index in [4.69, 9.17) is 4.99 Å². The molecule has 0 N–H and O–H groups in total. The fourth-order valence-corrected chi connectivity index (χ4v) is 3.68. The van der Waals surface area contributed by atoms with Crippen molar-refractivity contribution in [2.45, 2.75) is 26.3 Å². The molecule has 0 aromatic heterocycles. The van der Waals surface area contributed by atoms with Gasteiger partial charge in [0, 0.05) is 17.2 Å². The number of allylic oxidation sites excluding steroid dienone is 2. The Balaban J connectivity index is 1.89. The molecular weight excluding hydrogens is 349 g/mol. The minimum Gasteiger partial charge on any atom is -0.215 e. The van der Waals surface area contributed by atoms with Gasteiger partial charge in [0.05, 0.1) is 0 Å². The van der Waals surface area contributed by atoms with Crippen LogP contribution in [-0.2, 0) is 0 Å². The summed E-state index contributed by atoms with van der Waals surface area (Å²) in [6.45, 7) is 6.26. The van der Waals surface area contributed by atoms with Gasteiger partial charge in [-0.25, -0.2) is 8.87 Å². The lowest BCUT2D eigenvalue weighted by molar-refractivity contribution is -0.785. The van der Waals surface area contributed by atoms with E-state index in [1.807, 2.05) is 54.9 Å². The van der Waals surface area contributed by atoms with Crippen LogP contribution in [0.5, 0.6) is 0 Å². The number of quaternary nitrogens is 1. The number of nitriles is 1. The van der Waals surface area contributed by atoms with E-state index in [-0.39, 0.29) is 15.8 Å². The molecule has 28 heavy (non-hydrogen) atoms. The van der Waals surface area contributed by atoms with E-state index in [0.717, 1.165) is 11.4 Å². The van der Waals surface area contributed by atoms with Crippen LogP contribution in [0.3, 0.4) is 0 Å². The van der Waals surface area contributed by atoms with Crippen LogP contribution in [0.2, 0.25) is 0 Å². The summed E-state index contributed by atoms with van der Waals surface area (Å²) in [5.41, 5.74) is 2.73. The number of hydrogen-bond donors (Lipinski definition) is 0. The lowest BCUT2D eigenvalue weighted by Gasteiger charge is -2.40. The number of aliphatic imine (C=N–C) groups is 1. The first-order chi connectivity index (χ1) is 13.4. The largest absolute Gasteiger partial charge is 0.238 e. The fraction of sp³-hybridized carbons (Fsp3) is 0.167. The topological polar surface area (TPSA) is 36.1 Å². The highest BCUT2D eigenvalue weighted by Crippen LogP contribution is 2.41. The minimum absolute atomic E-state index is 0.277. The Kier molecular flexibility index (Phi) is 4.14. The number of hydrogen-bond acceptors (Lipinski definition) is 2. The third-order valence-corrected chi connectivity index (χ3v) is 5.29. The van der Waals surface area contributed by atoms with Crippen LogP contribution in [0.1, 0.15) is 26.3 Å². The van der Waals surface area contributed by atoms with Gasteiger partial charge in [-0.15, -0.1) is 0 Å². The van der Waals surface area contributed by atoms with Crippen molar-refractivity contribution >= 4 is 11.5 Å². The Hall–Kier alpha value is -3.29. The van der Waals surface area contributed by atoms with E-state index in [1.54, 1.807) is 18.2 Å². The van der Waals surface area contributed by atoms with Gasteiger partial charge in [0.2, 0.25) is 5.84 Å². The summed E-state index contributed by atoms with van der Waals surface area (Å²) in [6, 6.07) is 17.1. The molecule has 0 saturated heterocycles. The van der Waals surface area contributed by atoms with Gasteiger partial charge in [-0.2, -0.15) is 10.3 Å². The van der Waals surface area contributed by atoms with Crippen LogP contribution in [0.25, 0.3) is 16.8 Å². The smallest absolute Gasteiger partial charge is 0.215 e. The summed E-state index contributed by atoms with van der Waals surface area (Å²) in [5, 5.41) is 9.38. The molecule has 138 valence electrons. The molecule has 1 unspecified atom stereocenters.